The van der Waals surface area contributed by atoms with Crippen LogP contribution in [0.15, 0.2) is 52.1 Å². The molecule has 1 saturated heterocycles. The number of piperazine rings is 1. The van der Waals surface area contributed by atoms with Gasteiger partial charge < -0.3 is 14.2 Å². The number of carbonyl (C=O) groups is 2. The van der Waals surface area contributed by atoms with Crippen molar-refractivity contribution < 1.29 is 14.0 Å². The van der Waals surface area contributed by atoms with Crippen LogP contribution in [0.3, 0.4) is 0 Å². The van der Waals surface area contributed by atoms with Gasteiger partial charge >= 0.3 is 0 Å². The second-order valence-electron chi connectivity index (χ2n) is 6.80. The third kappa shape index (κ3) is 3.28. The minimum Gasteiger partial charge on any atom is -0.459 e. The first-order valence-corrected chi connectivity index (χ1v) is 9.10. The molecular formula is C20H20N4O4. The van der Waals surface area contributed by atoms with Gasteiger partial charge in [0, 0.05) is 26.2 Å². The van der Waals surface area contributed by atoms with E-state index in [1.54, 1.807) is 28.0 Å². The molecule has 1 aromatic carbocycles. The molecule has 0 atom stereocenters. The maximum absolute atomic E-state index is 12.7. The van der Waals surface area contributed by atoms with Crippen LogP contribution in [-0.4, -0.2) is 57.3 Å². The number of hydrogen-bond acceptors (Lipinski definition) is 5. The second kappa shape index (κ2) is 7.30. The number of rotatable bonds is 3. The number of fused-ring (bicyclic) bond motifs is 1. The second-order valence-corrected chi connectivity index (χ2v) is 6.80. The number of aryl methyl sites for hydroxylation is 1. The zero-order chi connectivity index (χ0) is 19.7. The van der Waals surface area contributed by atoms with Crippen molar-refractivity contribution in [3.8, 4) is 0 Å². The van der Waals surface area contributed by atoms with Crippen LogP contribution < -0.4 is 5.56 Å². The van der Waals surface area contributed by atoms with E-state index in [4.69, 9.17) is 4.42 Å². The molecule has 3 aromatic rings. The van der Waals surface area contributed by atoms with E-state index in [-0.39, 0.29) is 23.9 Å². The predicted molar refractivity (Wildman–Crippen MR) is 102 cm³/mol. The van der Waals surface area contributed by atoms with Crippen LogP contribution in [0, 0.1) is 6.92 Å². The highest BCUT2D eigenvalue weighted by atomic mass is 16.3. The summed E-state index contributed by atoms with van der Waals surface area (Å²) in [5.41, 5.74) is 1.35. The van der Waals surface area contributed by atoms with E-state index in [9.17, 15) is 14.4 Å². The third-order valence-electron chi connectivity index (χ3n) is 5.01. The fourth-order valence-electron chi connectivity index (χ4n) is 3.41. The quantitative estimate of drug-likeness (QED) is 0.683. The molecule has 0 N–H and O–H groups in total. The van der Waals surface area contributed by atoms with Crippen LogP contribution in [0.4, 0.5) is 0 Å². The van der Waals surface area contributed by atoms with Gasteiger partial charge in [-0.05, 0) is 30.7 Å². The lowest BCUT2D eigenvalue weighted by Gasteiger charge is -2.34. The molecule has 3 heterocycles. The van der Waals surface area contributed by atoms with Crippen molar-refractivity contribution in [2.24, 2.45) is 0 Å². The molecule has 4 rings (SSSR count). The average molecular weight is 380 g/mol. The topological polar surface area (TPSA) is 88.7 Å². The van der Waals surface area contributed by atoms with Gasteiger partial charge in [-0.1, -0.05) is 12.1 Å². The van der Waals surface area contributed by atoms with Crippen molar-refractivity contribution in [2.75, 3.05) is 26.2 Å². The van der Waals surface area contributed by atoms with Gasteiger partial charge in [0.2, 0.25) is 5.91 Å². The van der Waals surface area contributed by atoms with Gasteiger partial charge in [-0.2, -0.15) is 0 Å². The first kappa shape index (κ1) is 18.0. The van der Waals surface area contributed by atoms with Gasteiger partial charge in [0.15, 0.2) is 5.76 Å². The summed E-state index contributed by atoms with van der Waals surface area (Å²) in [6.45, 7) is 3.51. The van der Waals surface area contributed by atoms with Crippen LogP contribution >= 0.6 is 0 Å². The molecule has 1 aliphatic rings. The van der Waals surface area contributed by atoms with Crippen LogP contribution in [0.2, 0.25) is 0 Å². The van der Waals surface area contributed by atoms with E-state index in [0.717, 1.165) is 5.56 Å². The Morgan fingerprint density at radius 3 is 2.54 bits per heavy atom. The molecule has 0 bridgehead atoms. The largest absolute Gasteiger partial charge is 0.459 e. The summed E-state index contributed by atoms with van der Waals surface area (Å²) < 4.78 is 6.48. The molecule has 1 aliphatic heterocycles. The molecule has 2 amide bonds. The maximum Gasteiger partial charge on any atom is 0.289 e. The van der Waals surface area contributed by atoms with Crippen LogP contribution in [0.5, 0.6) is 0 Å². The Hall–Kier alpha value is -3.42. The number of hydrogen-bond donors (Lipinski definition) is 0. The number of para-hydroxylation sites is 1. The zero-order valence-corrected chi connectivity index (χ0v) is 15.5. The van der Waals surface area contributed by atoms with Gasteiger partial charge in [-0.3, -0.25) is 19.0 Å². The van der Waals surface area contributed by atoms with Crippen LogP contribution in [0.1, 0.15) is 16.1 Å². The Bertz CT molecular complexity index is 1080. The average Bonchev–Trinajstić information content (AvgIpc) is 3.25. The number of amides is 2. The van der Waals surface area contributed by atoms with Gasteiger partial charge in [0.05, 0.1) is 23.5 Å². The molecule has 0 saturated carbocycles. The lowest BCUT2D eigenvalue weighted by atomic mass is 10.1. The number of aromatic nitrogens is 2. The number of furan rings is 1. The van der Waals surface area contributed by atoms with Crippen molar-refractivity contribution >= 4 is 22.7 Å². The van der Waals surface area contributed by atoms with Crippen molar-refractivity contribution in [3.05, 3.63) is 64.6 Å². The van der Waals surface area contributed by atoms with Crippen molar-refractivity contribution in [2.45, 2.75) is 13.5 Å². The normalized spacial score (nSPS) is 14.5. The summed E-state index contributed by atoms with van der Waals surface area (Å²) >= 11 is 0. The monoisotopic (exact) mass is 380 g/mol. The highest BCUT2D eigenvalue weighted by molar-refractivity contribution is 5.91. The number of carbonyl (C=O) groups excluding carboxylic acids is 2. The summed E-state index contributed by atoms with van der Waals surface area (Å²) in [7, 11) is 0. The fourth-order valence-corrected chi connectivity index (χ4v) is 3.41. The SMILES string of the molecule is Cc1cccc2c(=O)n(CC(=O)N3CCN(C(=O)c4ccco4)CC3)cnc12. The van der Waals surface area contributed by atoms with E-state index >= 15 is 0 Å². The summed E-state index contributed by atoms with van der Waals surface area (Å²) in [4.78, 5) is 45.3. The van der Waals surface area contributed by atoms with Gasteiger partial charge in [0.1, 0.15) is 6.54 Å². The molecule has 8 nitrogen and oxygen atoms in total. The lowest BCUT2D eigenvalue weighted by Crippen LogP contribution is -2.51. The zero-order valence-electron chi connectivity index (χ0n) is 15.5. The minimum absolute atomic E-state index is 0.0676. The molecule has 0 aliphatic carbocycles. The molecule has 28 heavy (non-hydrogen) atoms. The molecule has 0 unspecified atom stereocenters. The molecule has 0 spiro atoms. The Balaban J connectivity index is 1.43. The third-order valence-corrected chi connectivity index (χ3v) is 5.01. The van der Waals surface area contributed by atoms with E-state index in [2.05, 4.69) is 4.98 Å². The molecule has 2 aromatic heterocycles. The van der Waals surface area contributed by atoms with E-state index in [1.165, 1.54) is 17.2 Å². The molecule has 0 radical (unpaired) electrons. The van der Waals surface area contributed by atoms with Gasteiger partial charge in [-0.15, -0.1) is 0 Å². The van der Waals surface area contributed by atoms with Crippen molar-refractivity contribution in [1.29, 1.82) is 0 Å². The first-order chi connectivity index (χ1) is 13.5. The maximum atomic E-state index is 12.7. The fraction of sp³-hybridized carbons (Fsp3) is 0.300. The summed E-state index contributed by atoms with van der Waals surface area (Å²) in [5.74, 6) is -0.0488. The van der Waals surface area contributed by atoms with Crippen molar-refractivity contribution in [3.63, 3.8) is 0 Å². The standard InChI is InChI=1S/C20H20N4O4/c1-14-4-2-5-15-18(14)21-13-24(19(15)26)12-17(25)22-7-9-23(10-8-22)20(27)16-6-3-11-28-16/h2-6,11,13H,7-10,12H2,1H3. The molecule has 8 heteroatoms. The minimum atomic E-state index is -0.228. The highest BCUT2D eigenvalue weighted by Gasteiger charge is 2.26. The van der Waals surface area contributed by atoms with Crippen molar-refractivity contribution in [1.82, 2.24) is 19.4 Å². The molecular weight excluding hydrogens is 360 g/mol. The number of nitrogens with zero attached hydrogens (tertiary/aromatic N) is 4. The molecule has 144 valence electrons. The Morgan fingerprint density at radius 1 is 1.07 bits per heavy atom. The Kier molecular flexibility index (Phi) is 4.68. The van der Waals surface area contributed by atoms with Crippen LogP contribution in [0.25, 0.3) is 10.9 Å². The van der Waals surface area contributed by atoms with E-state index < -0.39 is 0 Å². The van der Waals surface area contributed by atoms with Gasteiger partial charge in [-0.25, -0.2) is 4.98 Å². The van der Waals surface area contributed by atoms with Crippen LogP contribution in [-0.2, 0) is 11.3 Å². The number of benzene rings is 1. The lowest BCUT2D eigenvalue weighted by molar-refractivity contribution is -0.133. The predicted octanol–water partition coefficient (Wildman–Crippen LogP) is 1.28. The Morgan fingerprint density at radius 2 is 1.82 bits per heavy atom. The van der Waals surface area contributed by atoms with Gasteiger partial charge in [0.25, 0.3) is 11.5 Å². The summed E-state index contributed by atoms with van der Waals surface area (Å²) in [5, 5.41) is 0.504. The Labute approximate surface area is 161 Å². The first-order valence-electron chi connectivity index (χ1n) is 9.10. The van der Waals surface area contributed by atoms with E-state index in [1.807, 2.05) is 19.1 Å². The smallest absolute Gasteiger partial charge is 0.289 e. The van der Waals surface area contributed by atoms with E-state index in [0.29, 0.717) is 42.8 Å². The highest BCUT2D eigenvalue weighted by Crippen LogP contribution is 2.12. The summed E-state index contributed by atoms with van der Waals surface area (Å²) in [6, 6.07) is 8.72. The summed E-state index contributed by atoms with van der Waals surface area (Å²) in [6.07, 6.45) is 2.89. The molecule has 1 fully saturated rings.